The van der Waals surface area contributed by atoms with Crippen molar-refractivity contribution >= 4 is 44.6 Å². The third-order valence-electron chi connectivity index (χ3n) is 5.20. The Kier molecular flexibility index (Phi) is 8.87. The van der Waals surface area contributed by atoms with E-state index >= 15 is 0 Å². The topological polar surface area (TPSA) is 126 Å². The van der Waals surface area contributed by atoms with E-state index in [0.717, 1.165) is 68.9 Å². The van der Waals surface area contributed by atoms with Crippen molar-refractivity contribution in [2.75, 3.05) is 36.1 Å². The zero-order valence-corrected chi connectivity index (χ0v) is 20.2. The van der Waals surface area contributed by atoms with E-state index in [-0.39, 0.29) is 0 Å². The lowest BCUT2D eigenvalue weighted by Gasteiger charge is -2.03. The highest BCUT2D eigenvalue weighted by molar-refractivity contribution is 5.94. The molecule has 0 aliphatic heterocycles. The molecule has 0 aliphatic carbocycles. The van der Waals surface area contributed by atoms with Crippen LogP contribution in [0.1, 0.15) is 13.8 Å². The Hall–Kier alpha value is -4.29. The van der Waals surface area contributed by atoms with Gasteiger partial charge in [0.2, 0.25) is 0 Å². The third-order valence-corrected chi connectivity index (χ3v) is 5.20. The van der Waals surface area contributed by atoms with Gasteiger partial charge in [0.15, 0.2) is 0 Å². The quantitative estimate of drug-likeness (QED) is 0.187. The van der Waals surface area contributed by atoms with Crippen molar-refractivity contribution in [1.82, 2.24) is 4.98 Å². The molecular weight excluding hydrogens is 434 g/mol. The Morgan fingerprint density at radius 1 is 0.543 bits per heavy atom. The van der Waals surface area contributed by atoms with Crippen LogP contribution in [0.4, 0.5) is 22.7 Å². The minimum Gasteiger partial charge on any atom is -0.399 e. The number of aromatic nitrogens is 1. The molecule has 0 fully saturated rings. The lowest BCUT2D eigenvalue weighted by molar-refractivity contribution is 0.162. The van der Waals surface area contributed by atoms with Gasteiger partial charge in [0.1, 0.15) is 0 Å². The second-order valence-electron chi connectivity index (χ2n) is 7.92. The summed E-state index contributed by atoms with van der Waals surface area (Å²) < 4.78 is 4.83. The number of benzene rings is 4. The van der Waals surface area contributed by atoms with Crippen LogP contribution in [-0.4, -0.2) is 18.2 Å². The van der Waals surface area contributed by atoms with Gasteiger partial charge in [-0.3, -0.25) is 0 Å². The van der Waals surface area contributed by atoms with Crippen LogP contribution in [0.2, 0.25) is 0 Å². The number of hydrogen-bond donors (Lipinski definition) is 4. The Morgan fingerprint density at radius 2 is 1.06 bits per heavy atom. The Labute approximate surface area is 206 Å². The summed E-state index contributed by atoms with van der Waals surface area (Å²) in [5.41, 5.74) is 29.8. The van der Waals surface area contributed by atoms with Gasteiger partial charge in [0.05, 0.1) is 11.0 Å². The molecule has 180 valence electrons. The summed E-state index contributed by atoms with van der Waals surface area (Å²) >= 11 is 0. The van der Waals surface area contributed by atoms with Crippen molar-refractivity contribution in [3.05, 3.63) is 91.0 Å². The molecule has 0 radical (unpaired) electrons. The van der Waals surface area contributed by atoms with Gasteiger partial charge >= 0.3 is 0 Å². The predicted molar refractivity (Wildman–Crippen MR) is 151 cm³/mol. The van der Waals surface area contributed by atoms with Crippen molar-refractivity contribution in [2.45, 2.75) is 13.8 Å². The van der Waals surface area contributed by atoms with Crippen LogP contribution in [0.3, 0.4) is 0 Å². The Bertz CT molecular complexity index is 1320. The first-order chi connectivity index (χ1) is 16.9. The highest BCUT2D eigenvalue weighted by Crippen LogP contribution is 2.23. The minimum atomic E-state index is 0.725. The van der Waals surface area contributed by atoms with E-state index in [1.807, 2.05) is 98.8 Å². The molecule has 1 heterocycles. The standard InChI is InChI=1S/C13H11N3.C12H12N2.C4H10O/c14-10-3-1-8-5-9-2-4-11(15)7-13(9)16-12(8)6-10;13-11-6-4-9(5-7-11)10-2-1-3-12(14)8-10;1-3-5-4-2/h1-7H,14-15H2;1-8H,13-14H2;3-4H2,1-2H3. The summed E-state index contributed by atoms with van der Waals surface area (Å²) in [6.07, 6.45) is 0. The van der Waals surface area contributed by atoms with Gasteiger partial charge in [0.25, 0.3) is 0 Å². The smallest absolute Gasteiger partial charge is 0.0730 e. The second kappa shape index (κ2) is 12.3. The van der Waals surface area contributed by atoms with E-state index in [1.54, 1.807) is 0 Å². The van der Waals surface area contributed by atoms with Crippen LogP contribution in [0.25, 0.3) is 32.9 Å². The van der Waals surface area contributed by atoms with E-state index in [2.05, 4.69) is 11.1 Å². The minimum absolute atomic E-state index is 0.725. The lowest BCUT2D eigenvalue weighted by Crippen LogP contribution is -1.89. The summed E-state index contributed by atoms with van der Waals surface area (Å²) in [6.45, 7) is 5.67. The molecule has 5 rings (SSSR count). The van der Waals surface area contributed by atoms with Crippen molar-refractivity contribution in [2.24, 2.45) is 0 Å². The molecule has 0 saturated carbocycles. The lowest BCUT2D eigenvalue weighted by atomic mass is 10.1. The number of ether oxygens (including phenoxy) is 1. The molecule has 0 bridgehead atoms. The molecule has 0 atom stereocenters. The number of pyridine rings is 1. The number of nitrogen functional groups attached to an aromatic ring is 4. The van der Waals surface area contributed by atoms with E-state index in [0.29, 0.717) is 0 Å². The van der Waals surface area contributed by atoms with Gasteiger partial charge in [-0.05, 0) is 79.6 Å². The Balaban J connectivity index is 0.000000166. The monoisotopic (exact) mass is 467 g/mol. The van der Waals surface area contributed by atoms with Gasteiger partial charge in [-0.15, -0.1) is 0 Å². The van der Waals surface area contributed by atoms with E-state index in [1.165, 1.54) is 0 Å². The zero-order valence-electron chi connectivity index (χ0n) is 20.2. The molecule has 0 aliphatic rings. The number of nitrogens with two attached hydrogens (primary N) is 4. The van der Waals surface area contributed by atoms with Crippen molar-refractivity contribution in [3.8, 4) is 11.1 Å². The highest BCUT2D eigenvalue weighted by atomic mass is 16.5. The zero-order chi connectivity index (χ0) is 25.2. The maximum Gasteiger partial charge on any atom is 0.0730 e. The average Bonchev–Trinajstić information content (AvgIpc) is 2.84. The van der Waals surface area contributed by atoms with Crippen LogP contribution in [0.15, 0.2) is 91.0 Å². The molecule has 0 spiro atoms. The number of hydrogen-bond acceptors (Lipinski definition) is 6. The fourth-order valence-electron chi connectivity index (χ4n) is 3.45. The molecule has 0 saturated heterocycles. The molecule has 1 aromatic heterocycles. The summed E-state index contributed by atoms with van der Waals surface area (Å²) in [5, 5.41) is 2.18. The van der Waals surface area contributed by atoms with Gasteiger partial charge in [0, 0.05) is 46.7 Å². The van der Waals surface area contributed by atoms with Crippen molar-refractivity contribution in [3.63, 3.8) is 0 Å². The van der Waals surface area contributed by atoms with Crippen LogP contribution < -0.4 is 22.9 Å². The normalized spacial score (nSPS) is 10.2. The largest absolute Gasteiger partial charge is 0.399 e. The summed E-state index contributed by atoms with van der Waals surface area (Å²) in [5.74, 6) is 0. The van der Waals surface area contributed by atoms with Crippen molar-refractivity contribution < 1.29 is 4.74 Å². The number of fused-ring (bicyclic) bond motifs is 2. The maximum absolute atomic E-state index is 5.73. The third kappa shape index (κ3) is 7.35. The molecular formula is C29H33N5O. The first kappa shape index (κ1) is 25.3. The Morgan fingerprint density at radius 3 is 1.54 bits per heavy atom. The summed E-state index contributed by atoms with van der Waals surface area (Å²) in [6, 6.07) is 29.1. The van der Waals surface area contributed by atoms with Crippen molar-refractivity contribution in [1.29, 1.82) is 0 Å². The number of nitrogens with zero attached hydrogens (tertiary/aromatic N) is 1. The number of anilines is 4. The summed E-state index contributed by atoms with van der Waals surface area (Å²) in [4.78, 5) is 4.54. The second-order valence-corrected chi connectivity index (χ2v) is 7.92. The first-order valence-electron chi connectivity index (χ1n) is 11.5. The number of rotatable bonds is 3. The van der Waals surface area contributed by atoms with Gasteiger partial charge in [-0.1, -0.05) is 36.4 Å². The van der Waals surface area contributed by atoms with Gasteiger partial charge in [-0.2, -0.15) is 0 Å². The fourth-order valence-corrected chi connectivity index (χ4v) is 3.45. The molecule has 8 N–H and O–H groups in total. The molecule has 6 heteroatoms. The van der Waals surface area contributed by atoms with Gasteiger partial charge in [-0.25, -0.2) is 4.98 Å². The fraction of sp³-hybridized carbons (Fsp3) is 0.138. The van der Waals surface area contributed by atoms with Gasteiger partial charge < -0.3 is 27.7 Å². The van der Waals surface area contributed by atoms with Crippen LogP contribution >= 0.6 is 0 Å². The summed E-state index contributed by atoms with van der Waals surface area (Å²) in [7, 11) is 0. The van der Waals surface area contributed by atoms with Crippen LogP contribution in [0, 0.1) is 0 Å². The van der Waals surface area contributed by atoms with Crippen LogP contribution in [-0.2, 0) is 4.74 Å². The molecule has 35 heavy (non-hydrogen) atoms. The van der Waals surface area contributed by atoms with E-state index in [9.17, 15) is 0 Å². The molecule has 4 aromatic carbocycles. The average molecular weight is 468 g/mol. The molecule has 5 aromatic rings. The predicted octanol–water partition coefficient (Wildman–Crippen LogP) is 6.11. The molecule has 6 nitrogen and oxygen atoms in total. The van der Waals surface area contributed by atoms with Crippen LogP contribution in [0.5, 0.6) is 0 Å². The SMILES string of the molecule is CCOCC.Nc1ccc(-c2cccc(N)c2)cc1.Nc1ccc2cc3ccc(N)cc3nc2c1. The maximum atomic E-state index is 5.73. The molecule has 0 unspecified atom stereocenters. The van der Waals surface area contributed by atoms with E-state index < -0.39 is 0 Å². The highest BCUT2D eigenvalue weighted by Gasteiger charge is 2.00. The van der Waals surface area contributed by atoms with E-state index in [4.69, 9.17) is 27.7 Å². The first-order valence-corrected chi connectivity index (χ1v) is 11.5. The molecule has 0 amide bonds.